The minimum absolute atomic E-state index is 0.239. The molecule has 1 aromatic heterocycles. The number of carbonyl (C=O) groups is 1. The predicted molar refractivity (Wildman–Crippen MR) is 93.7 cm³/mol. The lowest BCUT2D eigenvalue weighted by Gasteiger charge is -2.07. The predicted octanol–water partition coefficient (Wildman–Crippen LogP) is 4.87. The van der Waals surface area contributed by atoms with E-state index in [0.29, 0.717) is 10.8 Å². The van der Waals surface area contributed by atoms with Crippen LogP contribution in [-0.4, -0.2) is 16.1 Å². The lowest BCUT2D eigenvalue weighted by molar-refractivity contribution is 0.0702. The third kappa shape index (κ3) is 3.24. The molecule has 0 fully saturated rings. The molecule has 4 nitrogen and oxygen atoms in total. The average Bonchev–Trinajstić information content (AvgIpc) is 2.95. The van der Waals surface area contributed by atoms with Crippen molar-refractivity contribution in [1.82, 2.24) is 4.98 Å². The molecule has 116 valence electrons. The summed E-state index contributed by atoms with van der Waals surface area (Å²) in [7, 11) is 0. The summed E-state index contributed by atoms with van der Waals surface area (Å²) in [4.78, 5) is 16.2. The number of nitrogens with one attached hydrogen (secondary N) is 1. The van der Waals surface area contributed by atoms with E-state index >= 15 is 0 Å². The summed E-state index contributed by atoms with van der Waals surface area (Å²) in [5, 5.41) is 13.2. The second-order valence-corrected chi connectivity index (χ2v) is 6.31. The molecule has 5 heteroatoms. The van der Waals surface area contributed by atoms with Gasteiger partial charge in [0.15, 0.2) is 5.13 Å². The monoisotopic (exact) mass is 324 g/mol. The van der Waals surface area contributed by atoms with Gasteiger partial charge < -0.3 is 10.4 Å². The van der Waals surface area contributed by atoms with Crippen LogP contribution in [0.25, 0.3) is 11.3 Å². The van der Waals surface area contributed by atoms with Crippen LogP contribution < -0.4 is 5.32 Å². The van der Waals surface area contributed by atoms with Gasteiger partial charge in [0, 0.05) is 11.3 Å². The summed E-state index contributed by atoms with van der Waals surface area (Å²) >= 11 is 1.15. The first-order valence-corrected chi connectivity index (χ1v) is 8.00. The van der Waals surface area contributed by atoms with Crippen molar-refractivity contribution >= 4 is 28.1 Å². The Balaban J connectivity index is 2.00. The van der Waals surface area contributed by atoms with Crippen LogP contribution >= 0.6 is 11.3 Å². The first-order valence-electron chi connectivity index (χ1n) is 7.18. The van der Waals surface area contributed by atoms with Crippen LogP contribution in [0.2, 0.25) is 0 Å². The molecule has 0 saturated heterocycles. The van der Waals surface area contributed by atoms with E-state index in [1.165, 1.54) is 5.56 Å². The zero-order chi connectivity index (χ0) is 16.4. The molecule has 3 rings (SSSR count). The highest BCUT2D eigenvalue weighted by Gasteiger charge is 2.19. The fraction of sp³-hybridized carbons (Fsp3) is 0.111. The molecule has 0 bridgehead atoms. The maximum atomic E-state index is 11.5. The highest BCUT2D eigenvalue weighted by molar-refractivity contribution is 7.18. The molecule has 23 heavy (non-hydrogen) atoms. The number of thiazole rings is 1. The van der Waals surface area contributed by atoms with Crippen LogP contribution in [0.5, 0.6) is 0 Å². The number of rotatable bonds is 4. The normalized spacial score (nSPS) is 10.5. The van der Waals surface area contributed by atoms with Crippen molar-refractivity contribution < 1.29 is 9.90 Å². The molecule has 2 N–H and O–H groups in total. The minimum Gasteiger partial charge on any atom is -0.477 e. The second kappa shape index (κ2) is 6.22. The van der Waals surface area contributed by atoms with Gasteiger partial charge in [-0.15, -0.1) is 0 Å². The smallest absolute Gasteiger partial charge is 0.348 e. The quantitative estimate of drug-likeness (QED) is 0.719. The minimum atomic E-state index is -0.963. The van der Waals surface area contributed by atoms with Crippen molar-refractivity contribution in [3.05, 3.63) is 64.5 Å². The van der Waals surface area contributed by atoms with E-state index in [2.05, 4.69) is 16.4 Å². The number of anilines is 2. The molecule has 0 spiro atoms. The molecule has 0 saturated carbocycles. The highest BCUT2D eigenvalue weighted by Crippen LogP contribution is 2.33. The summed E-state index contributed by atoms with van der Waals surface area (Å²) in [6.45, 7) is 4.05. The van der Waals surface area contributed by atoms with E-state index < -0.39 is 5.97 Å². The number of aromatic nitrogens is 1. The van der Waals surface area contributed by atoms with Crippen molar-refractivity contribution in [2.75, 3.05) is 5.32 Å². The van der Waals surface area contributed by atoms with E-state index in [1.807, 2.05) is 56.3 Å². The van der Waals surface area contributed by atoms with Gasteiger partial charge in [-0.05, 0) is 25.5 Å². The number of aryl methyl sites for hydroxylation is 2. The van der Waals surface area contributed by atoms with Gasteiger partial charge in [-0.25, -0.2) is 9.78 Å². The van der Waals surface area contributed by atoms with Crippen molar-refractivity contribution in [3.8, 4) is 11.3 Å². The van der Waals surface area contributed by atoms with Crippen LogP contribution in [0, 0.1) is 13.8 Å². The van der Waals surface area contributed by atoms with Gasteiger partial charge in [0.1, 0.15) is 4.88 Å². The fourth-order valence-corrected chi connectivity index (χ4v) is 3.22. The Labute approximate surface area is 138 Å². The van der Waals surface area contributed by atoms with Gasteiger partial charge in [0.25, 0.3) is 0 Å². The Kier molecular flexibility index (Phi) is 4.12. The topological polar surface area (TPSA) is 62.2 Å². The summed E-state index contributed by atoms with van der Waals surface area (Å²) in [6, 6.07) is 15.4. The number of benzene rings is 2. The first kappa shape index (κ1) is 15.2. The van der Waals surface area contributed by atoms with Gasteiger partial charge in [-0.2, -0.15) is 0 Å². The molecule has 0 aliphatic rings. The largest absolute Gasteiger partial charge is 0.477 e. The lowest BCUT2D eigenvalue weighted by Crippen LogP contribution is -1.95. The van der Waals surface area contributed by atoms with E-state index in [1.54, 1.807) is 0 Å². The van der Waals surface area contributed by atoms with E-state index in [9.17, 15) is 9.90 Å². The van der Waals surface area contributed by atoms with Gasteiger partial charge in [-0.3, -0.25) is 0 Å². The maximum absolute atomic E-state index is 11.5. The van der Waals surface area contributed by atoms with E-state index in [-0.39, 0.29) is 4.88 Å². The number of carboxylic acid groups (broad SMARTS) is 1. The van der Waals surface area contributed by atoms with Gasteiger partial charge >= 0.3 is 5.97 Å². The molecule has 0 atom stereocenters. The number of hydrogen-bond donors (Lipinski definition) is 2. The Morgan fingerprint density at radius 3 is 2.52 bits per heavy atom. The molecule has 0 unspecified atom stereocenters. The summed E-state index contributed by atoms with van der Waals surface area (Å²) < 4.78 is 0. The molecule has 2 aromatic carbocycles. The molecular formula is C18H16N2O2S. The summed E-state index contributed by atoms with van der Waals surface area (Å²) in [6.07, 6.45) is 0. The van der Waals surface area contributed by atoms with Gasteiger partial charge in [0.05, 0.1) is 5.69 Å². The van der Waals surface area contributed by atoms with Crippen molar-refractivity contribution in [1.29, 1.82) is 0 Å². The lowest BCUT2D eigenvalue weighted by atomic mass is 10.1. The van der Waals surface area contributed by atoms with Gasteiger partial charge in [-0.1, -0.05) is 59.4 Å². The molecule has 3 aromatic rings. The summed E-state index contributed by atoms with van der Waals surface area (Å²) in [5.41, 5.74) is 4.51. The van der Waals surface area contributed by atoms with Crippen molar-refractivity contribution in [3.63, 3.8) is 0 Å². The average molecular weight is 324 g/mol. The Hall–Kier alpha value is -2.66. The Morgan fingerprint density at radius 1 is 1.13 bits per heavy atom. The first-order chi connectivity index (χ1) is 11.0. The maximum Gasteiger partial charge on any atom is 0.348 e. The third-order valence-corrected chi connectivity index (χ3v) is 4.45. The molecule has 0 radical (unpaired) electrons. The number of aromatic carboxylic acids is 1. The van der Waals surface area contributed by atoms with Gasteiger partial charge in [0.2, 0.25) is 0 Å². The zero-order valence-electron chi connectivity index (χ0n) is 12.8. The second-order valence-electron chi connectivity index (χ2n) is 5.31. The Bertz CT molecular complexity index is 857. The molecule has 0 aliphatic heterocycles. The molecule has 0 amide bonds. The highest BCUT2D eigenvalue weighted by atomic mass is 32.1. The van der Waals surface area contributed by atoms with Crippen molar-refractivity contribution in [2.24, 2.45) is 0 Å². The molecular weight excluding hydrogens is 308 g/mol. The third-order valence-electron chi connectivity index (χ3n) is 3.49. The van der Waals surface area contributed by atoms with Crippen LogP contribution in [0.1, 0.15) is 20.8 Å². The standard InChI is InChI=1S/C18H16N2O2S/c1-11-8-9-14(12(2)10-11)19-18-20-15(16(23-18)17(21)22)13-6-4-3-5-7-13/h3-10H,1-2H3,(H,19,20)(H,21,22). The van der Waals surface area contributed by atoms with Crippen LogP contribution in [0.3, 0.4) is 0 Å². The number of nitrogens with zero attached hydrogens (tertiary/aromatic N) is 1. The van der Waals surface area contributed by atoms with Crippen LogP contribution in [-0.2, 0) is 0 Å². The number of carboxylic acids is 1. The summed E-state index contributed by atoms with van der Waals surface area (Å²) in [5.74, 6) is -0.963. The van der Waals surface area contributed by atoms with E-state index in [0.717, 1.165) is 28.2 Å². The van der Waals surface area contributed by atoms with Crippen molar-refractivity contribution in [2.45, 2.75) is 13.8 Å². The zero-order valence-corrected chi connectivity index (χ0v) is 13.6. The SMILES string of the molecule is Cc1ccc(Nc2nc(-c3ccccc3)c(C(=O)O)s2)c(C)c1. The fourth-order valence-electron chi connectivity index (χ4n) is 2.38. The Morgan fingerprint density at radius 2 is 1.87 bits per heavy atom. The molecule has 1 heterocycles. The van der Waals surface area contributed by atoms with E-state index in [4.69, 9.17) is 0 Å². The van der Waals surface area contributed by atoms with Crippen LogP contribution in [0.15, 0.2) is 48.5 Å². The van der Waals surface area contributed by atoms with Crippen LogP contribution in [0.4, 0.5) is 10.8 Å². The molecule has 0 aliphatic carbocycles. The number of hydrogen-bond acceptors (Lipinski definition) is 4.